The van der Waals surface area contributed by atoms with Gasteiger partial charge in [-0.3, -0.25) is 4.98 Å². The highest BCUT2D eigenvalue weighted by molar-refractivity contribution is 7.09. The van der Waals surface area contributed by atoms with Crippen LogP contribution < -0.4 is 4.90 Å². The zero-order valence-electron chi connectivity index (χ0n) is 16.1. The zero-order chi connectivity index (χ0) is 20.6. The van der Waals surface area contributed by atoms with Crippen molar-refractivity contribution in [2.24, 2.45) is 0 Å². The Bertz CT molecular complexity index is 1000. The van der Waals surface area contributed by atoms with Gasteiger partial charge in [0, 0.05) is 53.6 Å². The third-order valence-corrected chi connectivity index (χ3v) is 6.17. The van der Waals surface area contributed by atoms with Crippen LogP contribution in [-0.2, 0) is 6.18 Å². The molecule has 1 atom stereocenters. The number of halogens is 3. The van der Waals surface area contributed by atoms with Gasteiger partial charge in [0.05, 0.1) is 5.01 Å². The fourth-order valence-electron chi connectivity index (χ4n) is 3.52. The molecular weight excluding hydrogens is 399 g/mol. The quantitative estimate of drug-likeness (QED) is 0.597. The maximum atomic E-state index is 12.9. The van der Waals surface area contributed by atoms with Crippen molar-refractivity contribution in [3.63, 3.8) is 0 Å². The highest BCUT2D eigenvalue weighted by atomic mass is 32.1. The SMILES string of the molecule is Cc1nc(-c2cccnc2)nc(N2CCCC(c3nc(C(F)(F)F)cs3)C2)c1C. The molecule has 9 heteroatoms. The summed E-state index contributed by atoms with van der Waals surface area (Å²) in [6.07, 6.45) is 0.712. The van der Waals surface area contributed by atoms with E-state index >= 15 is 0 Å². The van der Waals surface area contributed by atoms with E-state index in [2.05, 4.69) is 19.9 Å². The number of rotatable bonds is 3. The van der Waals surface area contributed by atoms with Crippen LogP contribution in [0.5, 0.6) is 0 Å². The summed E-state index contributed by atoms with van der Waals surface area (Å²) < 4.78 is 38.8. The molecule has 0 aromatic carbocycles. The fraction of sp³-hybridized carbons (Fsp3) is 0.400. The van der Waals surface area contributed by atoms with Gasteiger partial charge in [0.25, 0.3) is 0 Å². The molecule has 5 nitrogen and oxygen atoms in total. The molecule has 1 fully saturated rings. The number of aromatic nitrogens is 4. The van der Waals surface area contributed by atoms with E-state index in [9.17, 15) is 13.2 Å². The first-order chi connectivity index (χ1) is 13.8. The van der Waals surface area contributed by atoms with Crippen LogP contribution in [0.1, 0.15) is 40.7 Å². The van der Waals surface area contributed by atoms with Crippen LogP contribution in [0.4, 0.5) is 19.0 Å². The lowest BCUT2D eigenvalue weighted by atomic mass is 9.98. The molecule has 0 spiro atoms. The van der Waals surface area contributed by atoms with Crippen molar-refractivity contribution in [1.29, 1.82) is 0 Å². The number of hydrogen-bond donors (Lipinski definition) is 0. The average Bonchev–Trinajstić information content (AvgIpc) is 3.22. The van der Waals surface area contributed by atoms with Gasteiger partial charge in [-0.1, -0.05) is 0 Å². The highest BCUT2D eigenvalue weighted by Crippen LogP contribution is 2.36. The summed E-state index contributed by atoms with van der Waals surface area (Å²) in [4.78, 5) is 19.5. The molecule has 0 bridgehead atoms. The molecule has 3 aromatic rings. The van der Waals surface area contributed by atoms with Gasteiger partial charge in [-0.05, 0) is 38.8 Å². The van der Waals surface area contributed by atoms with Gasteiger partial charge in [0.1, 0.15) is 5.82 Å². The summed E-state index contributed by atoms with van der Waals surface area (Å²) in [6, 6.07) is 3.75. The van der Waals surface area contributed by atoms with Crippen LogP contribution in [0.3, 0.4) is 0 Å². The smallest absolute Gasteiger partial charge is 0.356 e. The molecule has 1 saturated heterocycles. The second kappa shape index (κ2) is 7.70. The lowest BCUT2D eigenvalue weighted by Gasteiger charge is -2.34. The summed E-state index contributed by atoms with van der Waals surface area (Å²) >= 11 is 1.09. The molecule has 1 unspecified atom stereocenters. The predicted molar refractivity (Wildman–Crippen MR) is 106 cm³/mol. The molecule has 1 aliphatic heterocycles. The number of aryl methyl sites for hydroxylation is 1. The number of piperidine rings is 1. The average molecular weight is 419 g/mol. The first-order valence-corrected chi connectivity index (χ1v) is 10.2. The van der Waals surface area contributed by atoms with E-state index in [1.165, 1.54) is 0 Å². The molecule has 152 valence electrons. The van der Waals surface area contributed by atoms with Gasteiger partial charge in [-0.2, -0.15) is 13.2 Å². The molecule has 29 heavy (non-hydrogen) atoms. The Morgan fingerprint density at radius 1 is 1.17 bits per heavy atom. The minimum absolute atomic E-state index is 0.0404. The lowest BCUT2D eigenvalue weighted by molar-refractivity contribution is -0.140. The summed E-state index contributed by atoms with van der Waals surface area (Å²) in [7, 11) is 0. The van der Waals surface area contributed by atoms with Gasteiger partial charge in [0.15, 0.2) is 11.5 Å². The monoisotopic (exact) mass is 419 g/mol. The Labute approximate surface area is 170 Å². The van der Waals surface area contributed by atoms with Gasteiger partial charge in [-0.25, -0.2) is 15.0 Å². The molecule has 0 N–H and O–H groups in total. The van der Waals surface area contributed by atoms with Crippen LogP contribution in [0.25, 0.3) is 11.4 Å². The molecule has 0 radical (unpaired) electrons. The Kier molecular flexibility index (Phi) is 5.24. The van der Waals surface area contributed by atoms with Gasteiger partial charge >= 0.3 is 6.18 Å². The van der Waals surface area contributed by atoms with Crippen LogP contribution in [-0.4, -0.2) is 33.0 Å². The molecular formula is C20H20F3N5S. The normalized spacial score (nSPS) is 17.6. The fourth-order valence-corrected chi connectivity index (χ4v) is 4.48. The summed E-state index contributed by atoms with van der Waals surface area (Å²) in [5.74, 6) is 1.39. The van der Waals surface area contributed by atoms with Crippen molar-refractivity contribution >= 4 is 17.2 Å². The number of anilines is 1. The number of alkyl halides is 3. The van der Waals surface area contributed by atoms with Gasteiger partial charge < -0.3 is 4.90 Å². The van der Waals surface area contributed by atoms with E-state index in [0.29, 0.717) is 17.4 Å². The highest BCUT2D eigenvalue weighted by Gasteiger charge is 2.35. The van der Waals surface area contributed by atoms with E-state index in [1.54, 1.807) is 12.4 Å². The maximum Gasteiger partial charge on any atom is 0.434 e. The molecule has 0 saturated carbocycles. The third kappa shape index (κ3) is 4.10. The predicted octanol–water partition coefficient (Wildman–Crippen LogP) is 5.01. The molecule has 0 aliphatic carbocycles. The minimum Gasteiger partial charge on any atom is -0.356 e. The van der Waals surface area contributed by atoms with Crippen LogP contribution in [0, 0.1) is 13.8 Å². The van der Waals surface area contributed by atoms with Crippen LogP contribution in [0.15, 0.2) is 29.9 Å². The van der Waals surface area contributed by atoms with Crippen LogP contribution >= 0.6 is 11.3 Å². The summed E-state index contributed by atoms with van der Waals surface area (Å²) in [6.45, 7) is 5.32. The van der Waals surface area contributed by atoms with Crippen molar-refractivity contribution in [3.05, 3.63) is 51.9 Å². The Balaban J connectivity index is 1.63. The lowest BCUT2D eigenvalue weighted by Crippen LogP contribution is -2.35. The number of thiazole rings is 1. The van der Waals surface area contributed by atoms with Crippen molar-refractivity contribution in [2.45, 2.75) is 38.8 Å². The summed E-state index contributed by atoms with van der Waals surface area (Å²) in [5, 5.41) is 1.65. The van der Waals surface area contributed by atoms with E-state index in [1.807, 2.05) is 26.0 Å². The van der Waals surface area contributed by atoms with E-state index in [4.69, 9.17) is 4.98 Å². The van der Waals surface area contributed by atoms with Crippen molar-refractivity contribution in [3.8, 4) is 11.4 Å². The Hall–Kier alpha value is -2.55. The first-order valence-electron chi connectivity index (χ1n) is 9.36. The second-order valence-electron chi connectivity index (χ2n) is 7.18. The molecule has 1 aliphatic rings. The summed E-state index contributed by atoms with van der Waals surface area (Å²) in [5.41, 5.74) is 1.89. The zero-order valence-corrected chi connectivity index (χ0v) is 16.9. The van der Waals surface area contributed by atoms with E-state index in [0.717, 1.165) is 58.7 Å². The third-order valence-electron chi connectivity index (χ3n) is 5.17. The maximum absolute atomic E-state index is 12.9. The molecule has 4 heterocycles. The van der Waals surface area contributed by atoms with Crippen molar-refractivity contribution < 1.29 is 13.2 Å². The van der Waals surface area contributed by atoms with E-state index in [-0.39, 0.29) is 5.92 Å². The van der Waals surface area contributed by atoms with Gasteiger partial charge in [-0.15, -0.1) is 11.3 Å². The second-order valence-corrected chi connectivity index (χ2v) is 8.07. The number of nitrogens with zero attached hydrogens (tertiary/aromatic N) is 5. The first kappa shape index (κ1) is 19.8. The van der Waals surface area contributed by atoms with Crippen LogP contribution in [0.2, 0.25) is 0 Å². The molecule has 3 aromatic heterocycles. The number of hydrogen-bond acceptors (Lipinski definition) is 6. The van der Waals surface area contributed by atoms with Crippen molar-refractivity contribution in [2.75, 3.05) is 18.0 Å². The van der Waals surface area contributed by atoms with Crippen molar-refractivity contribution in [1.82, 2.24) is 19.9 Å². The molecule has 0 amide bonds. The number of pyridine rings is 1. The largest absolute Gasteiger partial charge is 0.434 e. The van der Waals surface area contributed by atoms with E-state index < -0.39 is 11.9 Å². The Morgan fingerprint density at radius 2 is 2.00 bits per heavy atom. The molecule has 4 rings (SSSR count). The minimum atomic E-state index is -4.40. The Morgan fingerprint density at radius 3 is 2.69 bits per heavy atom. The van der Waals surface area contributed by atoms with Gasteiger partial charge in [0.2, 0.25) is 0 Å². The standard InChI is InChI=1S/C20H20F3N5S/c1-12-13(2)25-17(14-5-3-7-24-9-14)27-18(12)28-8-4-6-15(10-28)19-26-16(11-29-19)20(21,22)23/h3,5,7,9,11,15H,4,6,8,10H2,1-2H3. The topological polar surface area (TPSA) is 54.8 Å².